The normalized spacial score (nSPS) is 22.1. The van der Waals surface area contributed by atoms with Crippen LogP contribution < -0.4 is 0 Å². The molecule has 2 saturated heterocycles. The first-order valence-electron chi connectivity index (χ1n) is 9.51. The molecule has 134 valence electrons. The van der Waals surface area contributed by atoms with Gasteiger partial charge in [-0.2, -0.15) is 0 Å². The predicted molar refractivity (Wildman–Crippen MR) is 98.3 cm³/mol. The van der Waals surface area contributed by atoms with Crippen molar-refractivity contribution in [3.8, 4) is 0 Å². The highest BCUT2D eigenvalue weighted by Crippen LogP contribution is 2.32. The van der Waals surface area contributed by atoms with Crippen LogP contribution in [0.25, 0.3) is 0 Å². The number of nitrogens with zero attached hydrogens (tertiary/aromatic N) is 3. The molecule has 4 heteroatoms. The lowest BCUT2D eigenvalue weighted by atomic mass is 9.79. The van der Waals surface area contributed by atoms with Gasteiger partial charge in [-0.15, -0.1) is 0 Å². The minimum Gasteiger partial charge on any atom is -0.348 e. The number of rotatable bonds is 2. The van der Waals surface area contributed by atoms with Gasteiger partial charge >= 0.3 is 0 Å². The Labute approximate surface area is 146 Å². The molecule has 2 aliphatic rings. The smallest absolute Gasteiger partial charge is 0.255 e. The molecule has 0 aliphatic carbocycles. The number of carbonyl (C=O) groups excluding carboxylic acids is 1. The second-order valence-corrected chi connectivity index (χ2v) is 8.75. The lowest BCUT2D eigenvalue weighted by molar-refractivity contribution is 0.0615. The van der Waals surface area contributed by atoms with Crippen molar-refractivity contribution in [3.05, 3.63) is 24.0 Å². The number of amides is 1. The van der Waals surface area contributed by atoms with Gasteiger partial charge in [0.15, 0.2) is 0 Å². The molecule has 4 nitrogen and oxygen atoms in total. The predicted octanol–water partition coefficient (Wildman–Crippen LogP) is 3.44. The maximum atomic E-state index is 12.8. The summed E-state index contributed by atoms with van der Waals surface area (Å²) in [6.45, 7) is 10.8. The van der Waals surface area contributed by atoms with Gasteiger partial charge in [0.05, 0.1) is 5.56 Å². The quantitative estimate of drug-likeness (QED) is 0.830. The molecule has 0 N–H and O–H groups in total. The third-order valence-corrected chi connectivity index (χ3v) is 5.97. The summed E-state index contributed by atoms with van der Waals surface area (Å²) in [6, 6.07) is 1.97. The summed E-state index contributed by atoms with van der Waals surface area (Å²) in [5, 5.41) is 0. The van der Waals surface area contributed by atoms with Crippen molar-refractivity contribution >= 4 is 5.91 Å². The first kappa shape index (κ1) is 17.5. The summed E-state index contributed by atoms with van der Waals surface area (Å²) in [4.78, 5) is 17.3. The summed E-state index contributed by atoms with van der Waals surface area (Å²) in [7, 11) is 2.22. The van der Waals surface area contributed by atoms with Gasteiger partial charge in [-0.3, -0.25) is 4.79 Å². The standard InChI is InChI=1S/C20H33N3O/c1-20(2,3)23-14-9-18(15-23)19(24)22-12-7-17(8-13-22)16-5-10-21(4)11-6-16/h9,14-17H,5-8,10-13H2,1-4H3. The second kappa shape index (κ2) is 6.91. The Balaban J connectivity index is 1.54. The Hall–Kier alpha value is -1.29. The van der Waals surface area contributed by atoms with Crippen LogP contribution >= 0.6 is 0 Å². The van der Waals surface area contributed by atoms with Gasteiger partial charge in [0.1, 0.15) is 0 Å². The molecular weight excluding hydrogens is 298 g/mol. The van der Waals surface area contributed by atoms with Crippen molar-refractivity contribution in [3.63, 3.8) is 0 Å². The zero-order valence-corrected chi connectivity index (χ0v) is 15.8. The van der Waals surface area contributed by atoms with E-state index >= 15 is 0 Å². The van der Waals surface area contributed by atoms with Crippen LogP contribution in [0, 0.1) is 11.8 Å². The number of likely N-dealkylation sites (tertiary alicyclic amines) is 2. The molecule has 1 amide bonds. The van der Waals surface area contributed by atoms with Gasteiger partial charge in [0.25, 0.3) is 5.91 Å². The maximum Gasteiger partial charge on any atom is 0.255 e. The molecule has 2 aliphatic heterocycles. The highest BCUT2D eigenvalue weighted by atomic mass is 16.2. The van der Waals surface area contributed by atoms with Gasteiger partial charge in [0, 0.05) is 31.0 Å². The number of hydrogen-bond donors (Lipinski definition) is 0. The number of piperidine rings is 2. The van der Waals surface area contributed by atoms with Crippen LogP contribution in [0.5, 0.6) is 0 Å². The van der Waals surface area contributed by atoms with E-state index in [2.05, 4.69) is 42.2 Å². The van der Waals surface area contributed by atoms with Gasteiger partial charge in [-0.05, 0) is 84.5 Å². The first-order chi connectivity index (χ1) is 11.3. The average Bonchev–Trinajstić information content (AvgIpc) is 3.05. The van der Waals surface area contributed by atoms with Gasteiger partial charge in [0.2, 0.25) is 0 Å². The average molecular weight is 332 g/mol. The molecule has 3 rings (SSSR count). The van der Waals surface area contributed by atoms with Crippen LogP contribution in [0.15, 0.2) is 18.5 Å². The largest absolute Gasteiger partial charge is 0.348 e. The molecule has 3 heterocycles. The Kier molecular flexibility index (Phi) is 5.05. The molecule has 0 saturated carbocycles. The summed E-state index contributed by atoms with van der Waals surface area (Å²) in [5.74, 6) is 1.90. The second-order valence-electron chi connectivity index (χ2n) is 8.75. The molecular formula is C20H33N3O. The molecule has 2 fully saturated rings. The number of hydrogen-bond acceptors (Lipinski definition) is 2. The van der Waals surface area contributed by atoms with E-state index in [0.29, 0.717) is 0 Å². The molecule has 0 bridgehead atoms. The third kappa shape index (κ3) is 3.85. The zero-order valence-electron chi connectivity index (χ0n) is 15.8. The molecule has 0 radical (unpaired) electrons. The fraction of sp³-hybridized carbons (Fsp3) is 0.750. The number of carbonyl (C=O) groups is 1. The summed E-state index contributed by atoms with van der Waals surface area (Å²) in [6.07, 6.45) is 9.07. The van der Waals surface area contributed by atoms with E-state index in [4.69, 9.17) is 0 Å². The van der Waals surface area contributed by atoms with Crippen LogP contribution in [0.2, 0.25) is 0 Å². The fourth-order valence-electron chi connectivity index (χ4n) is 4.20. The fourth-order valence-corrected chi connectivity index (χ4v) is 4.20. The molecule has 0 unspecified atom stereocenters. The highest BCUT2D eigenvalue weighted by molar-refractivity contribution is 5.94. The van der Waals surface area contributed by atoms with Crippen LogP contribution in [0.1, 0.15) is 56.8 Å². The summed E-state index contributed by atoms with van der Waals surface area (Å²) < 4.78 is 2.13. The Morgan fingerprint density at radius 3 is 2.04 bits per heavy atom. The first-order valence-corrected chi connectivity index (χ1v) is 9.51. The highest BCUT2D eigenvalue weighted by Gasteiger charge is 2.30. The van der Waals surface area contributed by atoms with Crippen molar-refractivity contribution in [1.29, 1.82) is 0 Å². The summed E-state index contributed by atoms with van der Waals surface area (Å²) >= 11 is 0. The van der Waals surface area contributed by atoms with E-state index in [1.165, 1.54) is 38.8 Å². The van der Waals surface area contributed by atoms with E-state index in [-0.39, 0.29) is 11.4 Å². The Morgan fingerprint density at radius 1 is 1.00 bits per heavy atom. The van der Waals surface area contributed by atoms with Gasteiger partial charge in [-0.1, -0.05) is 0 Å². The van der Waals surface area contributed by atoms with Crippen LogP contribution in [0.3, 0.4) is 0 Å². The lowest BCUT2D eigenvalue weighted by Gasteiger charge is -2.39. The molecule has 0 spiro atoms. The van der Waals surface area contributed by atoms with E-state index in [0.717, 1.165) is 30.5 Å². The minimum atomic E-state index is 0.0274. The maximum absolute atomic E-state index is 12.8. The van der Waals surface area contributed by atoms with E-state index in [1.807, 2.05) is 18.5 Å². The van der Waals surface area contributed by atoms with Crippen molar-refractivity contribution in [2.75, 3.05) is 33.2 Å². The van der Waals surface area contributed by atoms with Crippen LogP contribution in [-0.2, 0) is 5.54 Å². The zero-order chi connectivity index (χ0) is 17.3. The van der Waals surface area contributed by atoms with E-state index < -0.39 is 0 Å². The SMILES string of the molecule is CN1CCC(C2CCN(C(=O)c3ccn(C(C)(C)C)c3)CC2)CC1. The molecule has 1 aromatic rings. The Bertz CT molecular complexity index is 556. The van der Waals surface area contributed by atoms with Crippen molar-refractivity contribution in [2.45, 2.75) is 52.0 Å². The molecule has 0 aromatic carbocycles. The van der Waals surface area contributed by atoms with Gasteiger partial charge in [-0.25, -0.2) is 0 Å². The monoisotopic (exact) mass is 331 g/mol. The molecule has 24 heavy (non-hydrogen) atoms. The third-order valence-electron chi connectivity index (χ3n) is 5.97. The van der Waals surface area contributed by atoms with Gasteiger partial charge < -0.3 is 14.4 Å². The minimum absolute atomic E-state index is 0.0274. The van der Waals surface area contributed by atoms with Crippen molar-refractivity contribution in [2.24, 2.45) is 11.8 Å². The Morgan fingerprint density at radius 2 is 1.54 bits per heavy atom. The lowest BCUT2D eigenvalue weighted by Crippen LogP contribution is -2.42. The van der Waals surface area contributed by atoms with Crippen molar-refractivity contribution in [1.82, 2.24) is 14.4 Å². The summed E-state index contributed by atoms with van der Waals surface area (Å²) in [5.41, 5.74) is 0.863. The molecule has 1 aromatic heterocycles. The van der Waals surface area contributed by atoms with E-state index in [1.54, 1.807) is 0 Å². The van der Waals surface area contributed by atoms with E-state index in [9.17, 15) is 4.79 Å². The van der Waals surface area contributed by atoms with Crippen LogP contribution in [0.4, 0.5) is 0 Å². The van der Waals surface area contributed by atoms with Crippen LogP contribution in [-0.4, -0.2) is 53.5 Å². The topological polar surface area (TPSA) is 28.5 Å². The van der Waals surface area contributed by atoms with Crippen molar-refractivity contribution < 1.29 is 4.79 Å². The molecule has 0 atom stereocenters. The number of aromatic nitrogens is 1.